The molecular weight excluding hydrogens is 304 g/mol. The van der Waals surface area contributed by atoms with Crippen LogP contribution in [0, 0.1) is 13.8 Å². The number of halogens is 1. The van der Waals surface area contributed by atoms with E-state index in [4.69, 9.17) is 11.6 Å². The Kier molecular flexibility index (Phi) is 4.25. The molecule has 7 heteroatoms. The van der Waals surface area contributed by atoms with Gasteiger partial charge in [-0.15, -0.1) is 11.3 Å². The number of nitrogens with one attached hydrogen (secondary N) is 1. The summed E-state index contributed by atoms with van der Waals surface area (Å²) in [5.41, 5.74) is 1.17. The van der Waals surface area contributed by atoms with Crippen LogP contribution >= 0.6 is 22.9 Å². The molecule has 2 aromatic heterocycles. The molecule has 0 fully saturated rings. The van der Waals surface area contributed by atoms with Crippen LogP contribution in [0.1, 0.15) is 15.3 Å². The zero-order valence-electron chi connectivity index (χ0n) is 10.5. The summed E-state index contributed by atoms with van der Waals surface area (Å²) in [5.74, 6) is 0. The van der Waals surface area contributed by atoms with Crippen molar-refractivity contribution in [3.05, 3.63) is 44.9 Å². The number of hydrogen-bond acceptors (Lipinski definition) is 4. The first-order chi connectivity index (χ1) is 8.88. The van der Waals surface area contributed by atoms with E-state index in [9.17, 15) is 8.42 Å². The molecule has 0 saturated carbocycles. The van der Waals surface area contributed by atoms with Gasteiger partial charge in [0.2, 0.25) is 10.0 Å². The molecule has 0 aliphatic heterocycles. The largest absolute Gasteiger partial charge is 0.243 e. The lowest BCUT2D eigenvalue weighted by atomic mass is 10.3. The molecule has 0 radical (unpaired) electrons. The standard InChI is InChI=1S/C12H13ClN2O2S2/c1-8-5-10(18-9(8)2)6-15-19(16,17)11-3-4-12(13)14-7-11/h3-5,7,15H,6H2,1-2H3. The van der Waals surface area contributed by atoms with Crippen molar-refractivity contribution in [1.29, 1.82) is 0 Å². The third-order valence-electron chi connectivity index (χ3n) is 2.66. The van der Waals surface area contributed by atoms with Gasteiger partial charge in [-0.25, -0.2) is 18.1 Å². The van der Waals surface area contributed by atoms with Gasteiger partial charge in [-0.3, -0.25) is 0 Å². The predicted molar refractivity (Wildman–Crippen MR) is 77.1 cm³/mol. The molecule has 2 aromatic rings. The van der Waals surface area contributed by atoms with E-state index in [2.05, 4.69) is 9.71 Å². The van der Waals surface area contributed by atoms with Crippen molar-refractivity contribution in [2.24, 2.45) is 0 Å². The molecule has 0 aromatic carbocycles. The number of rotatable bonds is 4. The Balaban J connectivity index is 2.11. The Morgan fingerprint density at radius 1 is 1.37 bits per heavy atom. The summed E-state index contributed by atoms with van der Waals surface area (Å²) in [4.78, 5) is 6.06. The van der Waals surface area contributed by atoms with Crippen LogP contribution in [0.15, 0.2) is 29.3 Å². The summed E-state index contributed by atoms with van der Waals surface area (Å²) >= 11 is 7.22. The summed E-state index contributed by atoms with van der Waals surface area (Å²) < 4.78 is 26.6. The number of nitrogens with zero attached hydrogens (tertiary/aromatic N) is 1. The van der Waals surface area contributed by atoms with Crippen LogP contribution < -0.4 is 4.72 Å². The molecule has 1 N–H and O–H groups in total. The highest BCUT2D eigenvalue weighted by Gasteiger charge is 2.14. The van der Waals surface area contributed by atoms with Crippen LogP contribution in [0.4, 0.5) is 0 Å². The van der Waals surface area contributed by atoms with Crippen molar-refractivity contribution in [1.82, 2.24) is 9.71 Å². The van der Waals surface area contributed by atoms with Gasteiger partial charge in [-0.1, -0.05) is 11.6 Å². The Morgan fingerprint density at radius 2 is 2.11 bits per heavy atom. The molecule has 0 aliphatic carbocycles. The molecule has 0 aliphatic rings. The monoisotopic (exact) mass is 316 g/mol. The number of sulfonamides is 1. The minimum absolute atomic E-state index is 0.113. The molecule has 2 heterocycles. The molecule has 102 valence electrons. The van der Waals surface area contributed by atoms with E-state index in [-0.39, 0.29) is 16.6 Å². The van der Waals surface area contributed by atoms with Crippen molar-refractivity contribution in [3.63, 3.8) is 0 Å². The Bertz CT molecular complexity index is 659. The van der Waals surface area contributed by atoms with Crippen LogP contribution in [0.25, 0.3) is 0 Å². The fourth-order valence-electron chi connectivity index (χ4n) is 1.51. The molecular formula is C12H13ClN2O2S2. The quantitative estimate of drug-likeness (QED) is 0.882. The smallest absolute Gasteiger partial charge is 0.242 e. The van der Waals surface area contributed by atoms with Crippen molar-refractivity contribution in [2.75, 3.05) is 0 Å². The molecule has 0 atom stereocenters. The molecule has 2 rings (SSSR count). The minimum Gasteiger partial charge on any atom is -0.243 e. The second-order valence-electron chi connectivity index (χ2n) is 4.09. The molecule has 0 bridgehead atoms. The van der Waals surface area contributed by atoms with Crippen LogP contribution in [0.2, 0.25) is 5.15 Å². The average molecular weight is 317 g/mol. The molecule has 19 heavy (non-hydrogen) atoms. The minimum atomic E-state index is -3.54. The third-order valence-corrected chi connectivity index (χ3v) is 5.43. The first-order valence-corrected chi connectivity index (χ1v) is 8.23. The van der Waals surface area contributed by atoms with Gasteiger partial charge in [0.05, 0.1) is 0 Å². The van der Waals surface area contributed by atoms with Crippen LogP contribution in [0.3, 0.4) is 0 Å². The predicted octanol–water partition coefficient (Wildman–Crippen LogP) is 2.89. The normalized spacial score (nSPS) is 11.7. The molecule has 0 saturated heterocycles. The summed E-state index contributed by atoms with van der Waals surface area (Å²) in [6.45, 7) is 4.30. The Labute approximate surface area is 121 Å². The van der Waals surface area contributed by atoms with Crippen LogP contribution in [-0.2, 0) is 16.6 Å². The highest BCUT2D eigenvalue weighted by molar-refractivity contribution is 7.89. The lowest BCUT2D eigenvalue weighted by molar-refractivity contribution is 0.581. The van der Waals surface area contributed by atoms with Crippen LogP contribution in [-0.4, -0.2) is 13.4 Å². The first-order valence-electron chi connectivity index (χ1n) is 5.55. The van der Waals surface area contributed by atoms with E-state index in [0.717, 1.165) is 4.88 Å². The maximum Gasteiger partial charge on any atom is 0.242 e. The molecule has 0 unspecified atom stereocenters. The number of pyridine rings is 1. The lowest BCUT2D eigenvalue weighted by Crippen LogP contribution is -2.22. The van der Waals surface area contributed by atoms with E-state index in [1.54, 1.807) is 11.3 Å². The Hall–Kier alpha value is -0.950. The van der Waals surface area contributed by atoms with Gasteiger partial charge in [-0.2, -0.15) is 0 Å². The summed E-state index contributed by atoms with van der Waals surface area (Å²) in [7, 11) is -3.54. The summed E-state index contributed by atoms with van der Waals surface area (Å²) in [6.07, 6.45) is 1.25. The number of aromatic nitrogens is 1. The molecule has 0 amide bonds. The van der Waals surface area contributed by atoms with E-state index in [1.807, 2.05) is 19.9 Å². The zero-order valence-corrected chi connectivity index (χ0v) is 12.9. The van der Waals surface area contributed by atoms with Gasteiger partial charge >= 0.3 is 0 Å². The highest BCUT2D eigenvalue weighted by Crippen LogP contribution is 2.21. The number of aryl methyl sites for hydroxylation is 2. The SMILES string of the molecule is Cc1cc(CNS(=O)(=O)c2ccc(Cl)nc2)sc1C. The van der Waals surface area contributed by atoms with E-state index < -0.39 is 10.0 Å². The van der Waals surface area contributed by atoms with Crippen LogP contribution in [0.5, 0.6) is 0 Å². The maximum atomic E-state index is 12.0. The Morgan fingerprint density at radius 3 is 2.63 bits per heavy atom. The van der Waals surface area contributed by atoms with E-state index in [0.29, 0.717) is 0 Å². The van der Waals surface area contributed by atoms with Gasteiger partial charge in [0, 0.05) is 22.5 Å². The number of thiophene rings is 1. The zero-order chi connectivity index (χ0) is 14.0. The van der Waals surface area contributed by atoms with Gasteiger partial charge in [-0.05, 0) is 37.6 Å². The molecule has 4 nitrogen and oxygen atoms in total. The maximum absolute atomic E-state index is 12.0. The topological polar surface area (TPSA) is 59.1 Å². The highest BCUT2D eigenvalue weighted by atomic mass is 35.5. The average Bonchev–Trinajstić information content (AvgIpc) is 2.67. The summed E-state index contributed by atoms with van der Waals surface area (Å²) in [5, 5.41) is 0.267. The van der Waals surface area contributed by atoms with Gasteiger partial charge in [0.1, 0.15) is 10.0 Å². The summed E-state index contributed by atoms with van der Waals surface area (Å²) in [6, 6.07) is 4.88. The van der Waals surface area contributed by atoms with Gasteiger partial charge in [0.15, 0.2) is 0 Å². The second kappa shape index (κ2) is 5.58. The van der Waals surface area contributed by atoms with E-state index in [1.165, 1.54) is 28.8 Å². The van der Waals surface area contributed by atoms with Crippen molar-refractivity contribution in [2.45, 2.75) is 25.3 Å². The van der Waals surface area contributed by atoms with Crippen molar-refractivity contribution < 1.29 is 8.42 Å². The molecule has 0 spiro atoms. The van der Waals surface area contributed by atoms with Gasteiger partial charge in [0.25, 0.3) is 0 Å². The van der Waals surface area contributed by atoms with E-state index >= 15 is 0 Å². The van der Waals surface area contributed by atoms with Gasteiger partial charge < -0.3 is 0 Å². The second-order valence-corrected chi connectivity index (χ2v) is 7.59. The van der Waals surface area contributed by atoms with Crippen molar-refractivity contribution in [3.8, 4) is 0 Å². The third kappa shape index (κ3) is 3.54. The first kappa shape index (κ1) is 14.5. The fourth-order valence-corrected chi connectivity index (χ4v) is 3.65. The fraction of sp³-hybridized carbons (Fsp3) is 0.250. The lowest BCUT2D eigenvalue weighted by Gasteiger charge is -2.05. The number of hydrogen-bond donors (Lipinski definition) is 1. The van der Waals surface area contributed by atoms with Crippen molar-refractivity contribution >= 4 is 33.0 Å².